The van der Waals surface area contributed by atoms with Gasteiger partial charge in [0.15, 0.2) is 0 Å². The Morgan fingerprint density at radius 1 is 1.04 bits per heavy atom. The average molecular weight is 390 g/mol. The molecule has 0 atom stereocenters. The van der Waals surface area contributed by atoms with Gasteiger partial charge in [0, 0.05) is 39.4 Å². The molecular formula is C16H24ClN3O4S. The minimum atomic E-state index is -3.51. The van der Waals surface area contributed by atoms with Crippen molar-refractivity contribution in [2.24, 2.45) is 5.73 Å². The third kappa shape index (κ3) is 4.15. The van der Waals surface area contributed by atoms with E-state index in [9.17, 15) is 13.2 Å². The van der Waals surface area contributed by atoms with Crippen molar-refractivity contribution in [3.05, 3.63) is 30.3 Å². The van der Waals surface area contributed by atoms with Crippen LogP contribution in [0.3, 0.4) is 0 Å². The molecule has 7 nitrogen and oxygen atoms in total. The van der Waals surface area contributed by atoms with Gasteiger partial charge in [0.25, 0.3) is 0 Å². The van der Waals surface area contributed by atoms with Gasteiger partial charge in [-0.1, -0.05) is 18.2 Å². The summed E-state index contributed by atoms with van der Waals surface area (Å²) in [4.78, 5) is 14.6. The molecule has 0 saturated carbocycles. The first-order chi connectivity index (χ1) is 11.4. The van der Waals surface area contributed by atoms with Gasteiger partial charge in [-0.3, -0.25) is 4.79 Å². The Hall–Kier alpha value is -1.19. The quantitative estimate of drug-likeness (QED) is 0.810. The second kappa shape index (κ2) is 8.01. The first-order valence-corrected chi connectivity index (χ1v) is 9.59. The van der Waals surface area contributed by atoms with Crippen LogP contribution in [0.1, 0.15) is 12.8 Å². The van der Waals surface area contributed by atoms with Crippen LogP contribution < -0.4 is 5.73 Å². The van der Waals surface area contributed by atoms with Crippen molar-refractivity contribution in [1.29, 1.82) is 0 Å². The van der Waals surface area contributed by atoms with Gasteiger partial charge in [0.2, 0.25) is 15.9 Å². The van der Waals surface area contributed by atoms with Gasteiger partial charge in [-0.05, 0) is 25.0 Å². The molecule has 0 aromatic heterocycles. The number of rotatable bonds is 3. The molecule has 0 unspecified atom stereocenters. The Balaban J connectivity index is 0.00000225. The van der Waals surface area contributed by atoms with Crippen LogP contribution in [0.5, 0.6) is 0 Å². The summed E-state index contributed by atoms with van der Waals surface area (Å²) in [5.41, 5.74) is 5.37. The lowest BCUT2D eigenvalue weighted by atomic mass is 9.89. The summed E-state index contributed by atoms with van der Waals surface area (Å²) in [6.45, 7) is 2.29. The van der Waals surface area contributed by atoms with Crippen LogP contribution in [0.25, 0.3) is 0 Å². The number of piperazine rings is 1. The summed E-state index contributed by atoms with van der Waals surface area (Å²) in [6, 6.07) is 8.36. The zero-order valence-electron chi connectivity index (χ0n) is 14.0. The van der Waals surface area contributed by atoms with Crippen molar-refractivity contribution in [2.75, 3.05) is 39.4 Å². The molecule has 0 bridgehead atoms. The summed E-state index contributed by atoms with van der Waals surface area (Å²) < 4.78 is 31.9. The number of carbonyl (C=O) groups is 1. The molecule has 0 radical (unpaired) electrons. The van der Waals surface area contributed by atoms with Gasteiger partial charge in [0.1, 0.15) is 0 Å². The minimum absolute atomic E-state index is 0. The normalized spacial score (nSPS) is 21.4. The Kier molecular flexibility index (Phi) is 6.45. The lowest BCUT2D eigenvalue weighted by Gasteiger charge is -2.40. The lowest BCUT2D eigenvalue weighted by molar-refractivity contribution is -0.141. The number of halogens is 1. The van der Waals surface area contributed by atoms with E-state index in [-0.39, 0.29) is 36.3 Å². The molecular weight excluding hydrogens is 366 g/mol. The molecule has 2 fully saturated rings. The number of amides is 1. The first-order valence-electron chi connectivity index (χ1n) is 8.15. The van der Waals surface area contributed by atoms with Gasteiger partial charge in [-0.15, -0.1) is 12.4 Å². The molecule has 9 heteroatoms. The SMILES string of the molecule is Cl.NC1(C(=O)N2CCN(S(=O)(=O)c3ccccc3)CC2)CCOCC1. The third-order valence-corrected chi connectivity index (χ3v) is 6.63. The molecule has 0 aliphatic carbocycles. The van der Waals surface area contributed by atoms with Crippen LogP contribution >= 0.6 is 12.4 Å². The number of sulfonamides is 1. The van der Waals surface area contributed by atoms with Crippen LogP contribution in [-0.4, -0.2) is 68.5 Å². The Labute approximate surface area is 154 Å². The Bertz CT molecular complexity index is 685. The number of benzene rings is 1. The van der Waals surface area contributed by atoms with Crippen LogP contribution in [0.4, 0.5) is 0 Å². The largest absolute Gasteiger partial charge is 0.381 e. The molecule has 1 aromatic carbocycles. The predicted molar refractivity (Wildman–Crippen MR) is 96.0 cm³/mol. The van der Waals surface area contributed by atoms with E-state index in [1.54, 1.807) is 35.2 Å². The summed E-state index contributed by atoms with van der Waals surface area (Å²) in [5, 5.41) is 0. The lowest BCUT2D eigenvalue weighted by Crippen LogP contribution is -2.61. The van der Waals surface area contributed by atoms with Crippen molar-refractivity contribution in [2.45, 2.75) is 23.3 Å². The molecule has 2 N–H and O–H groups in total. The molecule has 1 aromatic rings. The van der Waals surface area contributed by atoms with Crippen LogP contribution in [0.2, 0.25) is 0 Å². The Morgan fingerprint density at radius 2 is 1.60 bits per heavy atom. The van der Waals surface area contributed by atoms with E-state index in [0.29, 0.717) is 39.1 Å². The molecule has 2 aliphatic heterocycles. The maximum atomic E-state index is 12.7. The highest BCUT2D eigenvalue weighted by molar-refractivity contribution is 7.89. The molecule has 3 rings (SSSR count). The second-order valence-corrected chi connectivity index (χ2v) is 8.22. The molecule has 2 aliphatic rings. The van der Waals surface area contributed by atoms with Crippen molar-refractivity contribution >= 4 is 28.3 Å². The zero-order chi connectivity index (χ0) is 17.2. The maximum absolute atomic E-state index is 12.7. The smallest absolute Gasteiger partial charge is 0.243 e. The van der Waals surface area contributed by atoms with Crippen molar-refractivity contribution in [3.63, 3.8) is 0 Å². The topological polar surface area (TPSA) is 92.9 Å². The van der Waals surface area contributed by atoms with Gasteiger partial charge < -0.3 is 15.4 Å². The van der Waals surface area contributed by atoms with Gasteiger partial charge in [0.05, 0.1) is 10.4 Å². The summed E-state index contributed by atoms with van der Waals surface area (Å²) in [7, 11) is -3.51. The monoisotopic (exact) mass is 389 g/mol. The molecule has 2 heterocycles. The predicted octanol–water partition coefficient (Wildman–Crippen LogP) is 0.449. The number of nitrogens with two attached hydrogens (primary N) is 1. The van der Waals surface area contributed by atoms with E-state index in [2.05, 4.69) is 0 Å². The van der Waals surface area contributed by atoms with Crippen LogP contribution in [0.15, 0.2) is 35.2 Å². The van der Waals surface area contributed by atoms with Gasteiger partial charge >= 0.3 is 0 Å². The highest BCUT2D eigenvalue weighted by atomic mass is 35.5. The van der Waals surface area contributed by atoms with E-state index in [1.807, 2.05) is 0 Å². The van der Waals surface area contributed by atoms with Gasteiger partial charge in [-0.25, -0.2) is 8.42 Å². The number of hydrogen-bond acceptors (Lipinski definition) is 5. The van der Waals surface area contributed by atoms with Gasteiger partial charge in [-0.2, -0.15) is 4.31 Å². The van der Waals surface area contributed by atoms with E-state index in [4.69, 9.17) is 10.5 Å². The molecule has 0 spiro atoms. The number of hydrogen-bond donors (Lipinski definition) is 1. The van der Waals surface area contributed by atoms with Crippen molar-refractivity contribution in [3.8, 4) is 0 Å². The first kappa shape index (κ1) is 20.1. The van der Waals surface area contributed by atoms with Crippen LogP contribution in [0, 0.1) is 0 Å². The fourth-order valence-corrected chi connectivity index (χ4v) is 4.58. The summed E-state index contributed by atoms with van der Waals surface area (Å²) >= 11 is 0. The third-order valence-electron chi connectivity index (χ3n) is 4.72. The Morgan fingerprint density at radius 3 is 2.16 bits per heavy atom. The highest BCUT2D eigenvalue weighted by Crippen LogP contribution is 2.23. The zero-order valence-corrected chi connectivity index (χ0v) is 15.6. The standard InChI is InChI=1S/C16H23N3O4S.ClH/c17-16(6-12-23-13-7-16)15(20)18-8-10-19(11-9-18)24(21,22)14-4-2-1-3-5-14;/h1-5H,6-13,17H2;1H. The van der Waals surface area contributed by atoms with E-state index in [1.165, 1.54) is 4.31 Å². The second-order valence-electron chi connectivity index (χ2n) is 6.28. The molecule has 1 amide bonds. The minimum Gasteiger partial charge on any atom is -0.381 e. The van der Waals surface area contributed by atoms with Crippen LogP contribution in [-0.2, 0) is 19.6 Å². The molecule has 2 saturated heterocycles. The average Bonchev–Trinajstić information content (AvgIpc) is 2.62. The summed E-state index contributed by atoms with van der Waals surface area (Å²) in [5.74, 6) is -0.0949. The van der Waals surface area contributed by atoms with Crippen molar-refractivity contribution in [1.82, 2.24) is 9.21 Å². The number of carbonyl (C=O) groups excluding carboxylic acids is 1. The fraction of sp³-hybridized carbons (Fsp3) is 0.562. The fourth-order valence-electron chi connectivity index (χ4n) is 3.14. The maximum Gasteiger partial charge on any atom is 0.243 e. The molecule has 140 valence electrons. The van der Waals surface area contributed by atoms with E-state index in [0.717, 1.165) is 0 Å². The summed E-state index contributed by atoms with van der Waals surface area (Å²) in [6.07, 6.45) is 1.02. The highest BCUT2D eigenvalue weighted by Gasteiger charge is 2.40. The number of ether oxygens (including phenoxy) is 1. The van der Waals surface area contributed by atoms with E-state index < -0.39 is 15.6 Å². The molecule has 25 heavy (non-hydrogen) atoms. The van der Waals surface area contributed by atoms with E-state index >= 15 is 0 Å². The number of nitrogens with zero attached hydrogens (tertiary/aromatic N) is 2. The van der Waals surface area contributed by atoms with Crippen molar-refractivity contribution < 1.29 is 17.9 Å².